The van der Waals surface area contributed by atoms with Gasteiger partial charge >= 0.3 is 0 Å². The first-order valence-electron chi connectivity index (χ1n) is 8.77. The van der Waals surface area contributed by atoms with Crippen LogP contribution in [0.15, 0.2) is 83.5 Å². The summed E-state index contributed by atoms with van der Waals surface area (Å²) >= 11 is 0. The minimum absolute atomic E-state index is 0.0558. The topological polar surface area (TPSA) is 30.2 Å². The molecule has 128 valence electrons. The van der Waals surface area contributed by atoms with Gasteiger partial charge in [0, 0.05) is 22.4 Å². The van der Waals surface area contributed by atoms with E-state index in [2.05, 4.69) is 43.3 Å². The van der Waals surface area contributed by atoms with E-state index >= 15 is 0 Å². The molecule has 2 nitrogen and oxygen atoms in total. The Morgan fingerprint density at radius 1 is 0.885 bits per heavy atom. The van der Waals surface area contributed by atoms with Crippen LogP contribution in [0.4, 0.5) is 0 Å². The number of hydrogen-bond donors (Lipinski definition) is 0. The van der Waals surface area contributed by atoms with Gasteiger partial charge in [0.25, 0.3) is 0 Å². The summed E-state index contributed by atoms with van der Waals surface area (Å²) in [7, 11) is 0. The van der Waals surface area contributed by atoms with Crippen molar-refractivity contribution in [2.45, 2.75) is 19.8 Å². The first-order chi connectivity index (χ1) is 12.6. The Hall–Kier alpha value is -3.13. The van der Waals surface area contributed by atoms with Crippen LogP contribution < -0.4 is 0 Å². The summed E-state index contributed by atoms with van der Waals surface area (Å²) in [6.45, 7) is 3.69. The number of benzene rings is 3. The summed E-state index contributed by atoms with van der Waals surface area (Å²) < 4.78 is 5.84. The first kappa shape index (κ1) is 16.3. The zero-order chi connectivity index (χ0) is 18.1. The molecule has 1 unspecified atom stereocenters. The van der Waals surface area contributed by atoms with Gasteiger partial charge in [0.1, 0.15) is 5.58 Å². The van der Waals surface area contributed by atoms with Crippen molar-refractivity contribution >= 4 is 16.8 Å². The minimum atomic E-state index is 0.0558. The molecule has 0 N–H and O–H groups in total. The first-order valence-corrected chi connectivity index (χ1v) is 8.77. The number of furan rings is 1. The molecule has 0 radical (unpaired) electrons. The average Bonchev–Trinajstić information content (AvgIpc) is 3.06. The number of hydrogen-bond acceptors (Lipinski definition) is 2. The zero-order valence-corrected chi connectivity index (χ0v) is 14.9. The van der Waals surface area contributed by atoms with Crippen LogP contribution in [0.5, 0.6) is 0 Å². The quantitative estimate of drug-likeness (QED) is 0.419. The van der Waals surface area contributed by atoms with Crippen molar-refractivity contribution in [1.82, 2.24) is 0 Å². The molecule has 0 saturated carbocycles. The second kappa shape index (κ2) is 6.64. The SMILES string of the molecule is CC(=O)c1ccc(C(c2ccccc2)c2coc3ccc(C)cc23)cc1. The van der Waals surface area contributed by atoms with Crippen LogP contribution in [0.25, 0.3) is 11.0 Å². The Morgan fingerprint density at radius 3 is 2.27 bits per heavy atom. The Labute approximate surface area is 153 Å². The van der Waals surface area contributed by atoms with Gasteiger partial charge in [-0.3, -0.25) is 4.79 Å². The molecular weight excluding hydrogens is 320 g/mol. The third-order valence-corrected chi connectivity index (χ3v) is 4.85. The maximum Gasteiger partial charge on any atom is 0.159 e. The fraction of sp³-hybridized carbons (Fsp3) is 0.125. The second-order valence-electron chi connectivity index (χ2n) is 6.71. The lowest BCUT2D eigenvalue weighted by atomic mass is 9.84. The molecule has 0 aliphatic rings. The smallest absolute Gasteiger partial charge is 0.159 e. The predicted octanol–water partition coefficient (Wildman–Crippen LogP) is 6.12. The van der Waals surface area contributed by atoms with Gasteiger partial charge in [-0.1, -0.05) is 66.2 Å². The van der Waals surface area contributed by atoms with E-state index in [1.165, 1.54) is 11.1 Å². The van der Waals surface area contributed by atoms with E-state index in [9.17, 15) is 4.79 Å². The summed E-state index contributed by atoms with van der Waals surface area (Å²) in [6.07, 6.45) is 1.86. The molecule has 0 amide bonds. The van der Waals surface area contributed by atoms with Gasteiger partial charge in [0.2, 0.25) is 0 Å². The number of ketones is 1. The Kier molecular flexibility index (Phi) is 4.18. The highest BCUT2D eigenvalue weighted by Gasteiger charge is 2.21. The standard InChI is InChI=1S/C24H20O2/c1-16-8-13-23-21(14-16)22(15-26-23)24(19-6-4-3-5-7-19)20-11-9-18(10-12-20)17(2)25/h3-15,24H,1-2H3. The number of aryl methyl sites for hydroxylation is 1. The van der Waals surface area contributed by atoms with Crippen molar-refractivity contribution in [3.63, 3.8) is 0 Å². The Balaban J connectivity index is 1.91. The highest BCUT2D eigenvalue weighted by Crippen LogP contribution is 2.37. The van der Waals surface area contributed by atoms with Crippen LogP contribution in [0.1, 0.15) is 45.5 Å². The molecule has 2 heteroatoms. The van der Waals surface area contributed by atoms with Crippen molar-refractivity contribution in [2.75, 3.05) is 0 Å². The van der Waals surface area contributed by atoms with Gasteiger partial charge in [-0.2, -0.15) is 0 Å². The molecule has 0 aliphatic heterocycles. The van der Waals surface area contributed by atoms with Gasteiger partial charge in [-0.25, -0.2) is 0 Å². The van der Waals surface area contributed by atoms with Crippen molar-refractivity contribution in [2.24, 2.45) is 0 Å². The molecule has 1 heterocycles. The molecule has 0 saturated heterocycles. The van der Waals surface area contributed by atoms with Crippen molar-refractivity contribution in [3.05, 3.63) is 107 Å². The fourth-order valence-electron chi connectivity index (χ4n) is 3.49. The van der Waals surface area contributed by atoms with Crippen LogP contribution >= 0.6 is 0 Å². The summed E-state index contributed by atoms with van der Waals surface area (Å²) in [5.41, 5.74) is 6.32. The lowest BCUT2D eigenvalue weighted by Gasteiger charge is -2.18. The molecule has 0 fully saturated rings. The lowest BCUT2D eigenvalue weighted by molar-refractivity contribution is 0.101. The van der Waals surface area contributed by atoms with Crippen LogP contribution in [-0.2, 0) is 0 Å². The van der Waals surface area contributed by atoms with Crippen LogP contribution in [-0.4, -0.2) is 5.78 Å². The number of rotatable bonds is 4. The van der Waals surface area contributed by atoms with Gasteiger partial charge in [0.15, 0.2) is 5.78 Å². The van der Waals surface area contributed by atoms with Crippen LogP contribution in [0.2, 0.25) is 0 Å². The maximum absolute atomic E-state index is 11.6. The summed E-state index contributed by atoms with van der Waals surface area (Å²) in [5.74, 6) is 0.137. The van der Waals surface area contributed by atoms with E-state index in [-0.39, 0.29) is 11.7 Å². The molecule has 0 bridgehead atoms. The molecule has 1 atom stereocenters. The monoisotopic (exact) mass is 340 g/mol. The molecule has 0 spiro atoms. The third-order valence-electron chi connectivity index (χ3n) is 4.85. The van der Waals surface area contributed by atoms with Crippen LogP contribution in [0, 0.1) is 6.92 Å². The summed E-state index contributed by atoms with van der Waals surface area (Å²) in [4.78, 5) is 11.6. The summed E-state index contributed by atoms with van der Waals surface area (Å²) in [6, 6.07) is 24.6. The number of carbonyl (C=O) groups excluding carboxylic acids is 1. The van der Waals surface area contributed by atoms with E-state index in [0.717, 1.165) is 27.7 Å². The zero-order valence-electron chi connectivity index (χ0n) is 14.9. The number of Topliss-reactive ketones (excluding diaryl/α,β-unsaturated/α-hetero) is 1. The Morgan fingerprint density at radius 2 is 1.58 bits per heavy atom. The largest absolute Gasteiger partial charge is 0.464 e. The second-order valence-corrected chi connectivity index (χ2v) is 6.71. The molecule has 3 aromatic carbocycles. The molecule has 4 aromatic rings. The molecular formula is C24H20O2. The predicted molar refractivity (Wildman–Crippen MR) is 105 cm³/mol. The Bertz CT molecular complexity index is 1060. The van der Waals surface area contributed by atoms with E-state index in [4.69, 9.17) is 4.42 Å². The molecule has 26 heavy (non-hydrogen) atoms. The van der Waals surface area contributed by atoms with Crippen LogP contribution in [0.3, 0.4) is 0 Å². The minimum Gasteiger partial charge on any atom is -0.464 e. The molecule has 0 aliphatic carbocycles. The highest BCUT2D eigenvalue weighted by molar-refractivity contribution is 5.94. The van der Waals surface area contributed by atoms with Gasteiger partial charge in [-0.15, -0.1) is 0 Å². The van der Waals surface area contributed by atoms with E-state index < -0.39 is 0 Å². The van der Waals surface area contributed by atoms with Crippen molar-refractivity contribution in [1.29, 1.82) is 0 Å². The normalized spacial score (nSPS) is 12.2. The van der Waals surface area contributed by atoms with E-state index in [0.29, 0.717) is 0 Å². The molecule has 1 aromatic heterocycles. The summed E-state index contributed by atoms with van der Waals surface area (Å²) in [5, 5.41) is 1.13. The highest BCUT2D eigenvalue weighted by atomic mass is 16.3. The van der Waals surface area contributed by atoms with Crippen molar-refractivity contribution < 1.29 is 9.21 Å². The van der Waals surface area contributed by atoms with Crippen molar-refractivity contribution in [3.8, 4) is 0 Å². The number of carbonyl (C=O) groups is 1. The van der Waals surface area contributed by atoms with Gasteiger partial charge in [-0.05, 0) is 37.1 Å². The number of fused-ring (bicyclic) bond motifs is 1. The van der Waals surface area contributed by atoms with E-state index in [1.54, 1.807) is 6.92 Å². The van der Waals surface area contributed by atoms with Gasteiger partial charge in [0.05, 0.1) is 6.26 Å². The fourth-order valence-corrected chi connectivity index (χ4v) is 3.49. The van der Waals surface area contributed by atoms with E-state index in [1.807, 2.05) is 42.7 Å². The lowest BCUT2D eigenvalue weighted by Crippen LogP contribution is -2.03. The molecule has 4 rings (SSSR count). The average molecular weight is 340 g/mol. The van der Waals surface area contributed by atoms with Gasteiger partial charge < -0.3 is 4.42 Å². The third kappa shape index (κ3) is 2.95. The maximum atomic E-state index is 11.6.